The molecule has 0 atom stereocenters. The van der Waals surface area contributed by atoms with Gasteiger partial charge in [0, 0.05) is 5.54 Å². The first-order chi connectivity index (χ1) is 11.5. The van der Waals surface area contributed by atoms with Crippen LogP contribution in [-0.2, 0) is 23.2 Å². The summed E-state index contributed by atoms with van der Waals surface area (Å²) in [5, 5.41) is 9.77. The maximum absolute atomic E-state index is 11.9. The summed E-state index contributed by atoms with van der Waals surface area (Å²) in [4.78, 5) is 16.2. The molecule has 0 bridgehead atoms. The van der Waals surface area contributed by atoms with Gasteiger partial charge in [0.1, 0.15) is 12.4 Å². The van der Waals surface area contributed by atoms with Crippen LogP contribution in [0.2, 0.25) is 0 Å². The van der Waals surface area contributed by atoms with Crippen molar-refractivity contribution >= 4 is 5.91 Å². The molecular weight excluding hydrogens is 316 g/mol. The minimum atomic E-state index is -0.265. The largest absolute Gasteiger partial charge is 0.486 e. The molecule has 25 heavy (non-hydrogen) atoms. The molecule has 2 aromatic rings. The number of ether oxygens (including phenoxy) is 1. The first kappa shape index (κ1) is 19.0. The maximum atomic E-state index is 11.9. The first-order valence-electron chi connectivity index (χ1n) is 8.47. The molecule has 0 aliphatic carbocycles. The highest BCUT2D eigenvalue weighted by atomic mass is 16.5. The van der Waals surface area contributed by atoms with Crippen molar-refractivity contribution in [2.75, 3.05) is 0 Å². The maximum Gasteiger partial charge on any atom is 0.228 e. The van der Waals surface area contributed by atoms with Crippen LogP contribution < -0.4 is 10.1 Å². The van der Waals surface area contributed by atoms with Gasteiger partial charge < -0.3 is 10.1 Å². The Morgan fingerprint density at radius 2 is 1.76 bits per heavy atom. The van der Waals surface area contributed by atoms with Crippen LogP contribution in [0.5, 0.6) is 5.75 Å². The number of rotatable bonds is 5. The van der Waals surface area contributed by atoms with Crippen molar-refractivity contribution in [3.63, 3.8) is 0 Å². The fourth-order valence-corrected chi connectivity index (χ4v) is 2.29. The smallest absolute Gasteiger partial charge is 0.228 e. The van der Waals surface area contributed by atoms with E-state index in [1.54, 1.807) is 0 Å². The highest BCUT2D eigenvalue weighted by Gasteiger charge is 2.16. The molecule has 1 aromatic carbocycles. The Morgan fingerprint density at radius 3 is 2.32 bits per heavy atom. The van der Waals surface area contributed by atoms with Crippen LogP contribution in [0, 0.1) is 0 Å². The number of amides is 1. The molecule has 2 rings (SSSR count). The van der Waals surface area contributed by atoms with Gasteiger partial charge in [0.25, 0.3) is 0 Å². The lowest BCUT2D eigenvalue weighted by Gasteiger charge is -2.19. The minimum Gasteiger partial charge on any atom is -0.486 e. The highest BCUT2D eigenvalue weighted by Crippen LogP contribution is 2.24. The van der Waals surface area contributed by atoms with Gasteiger partial charge in [-0.1, -0.05) is 32.9 Å². The first-order valence-corrected chi connectivity index (χ1v) is 8.47. The van der Waals surface area contributed by atoms with Crippen molar-refractivity contribution in [3.05, 3.63) is 41.5 Å². The van der Waals surface area contributed by atoms with Gasteiger partial charge in [-0.2, -0.15) is 5.10 Å². The van der Waals surface area contributed by atoms with E-state index in [1.165, 1.54) is 5.56 Å². The molecule has 1 amide bonds. The van der Waals surface area contributed by atoms with Gasteiger partial charge in [-0.25, -0.2) is 4.98 Å². The van der Waals surface area contributed by atoms with E-state index in [9.17, 15) is 4.79 Å². The van der Waals surface area contributed by atoms with Gasteiger partial charge in [0.2, 0.25) is 5.91 Å². The Kier molecular flexibility index (Phi) is 5.50. The third kappa shape index (κ3) is 6.21. The Balaban J connectivity index is 1.88. The Hall–Kier alpha value is -2.37. The summed E-state index contributed by atoms with van der Waals surface area (Å²) < 4.78 is 5.72. The Bertz CT molecular complexity index is 706. The summed E-state index contributed by atoms with van der Waals surface area (Å²) >= 11 is 0. The van der Waals surface area contributed by atoms with Crippen molar-refractivity contribution in [1.82, 2.24) is 20.5 Å². The van der Waals surface area contributed by atoms with Gasteiger partial charge in [-0.15, -0.1) is 0 Å². The van der Waals surface area contributed by atoms with E-state index in [1.807, 2.05) is 32.9 Å². The van der Waals surface area contributed by atoms with E-state index in [-0.39, 0.29) is 29.9 Å². The predicted molar refractivity (Wildman–Crippen MR) is 97.5 cm³/mol. The molecule has 1 aromatic heterocycles. The zero-order valence-electron chi connectivity index (χ0n) is 15.9. The number of nitrogens with one attached hydrogen (secondary N) is 2. The summed E-state index contributed by atoms with van der Waals surface area (Å²) in [5.41, 5.74) is 1.11. The summed E-state index contributed by atoms with van der Waals surface area (Å²) in [6.07, 6.45) is 0.147. The Labute approximate surface area is 149 Å². The van der Waals surface area contributed by atoms with Crippen LogP contribution in [0.15, 0.2) is 24.3 Å². The van der Waals surface area contributed by atoms with Crippen molar-refractivity contribution in [3.8, 4) is 5.75 Å². The van der Waals surface area contributed by atoms with E-state index in [0.717, 1.165) is 5.75 Å². The molecule has 0 spiro atoms. The summed E-state index contributed by atoms with van der Waals surface area (Å²) in [6, 6.07) is 8.04. The third-order valence-electron chi connectivity index (χ3n) is 3.51. The van der Waals surface area contributed by atoms with Gasteiger partial charge in [0.05, 0.1) is 6.42 Å². The van der Waals surface area contributed by atoms with Crippen LogP contribution in [0.4, 0.5) is 0 Å². The molecule has 1 heterocycles. The fraction of sp³-hybridized carbons (Fsp3) is 0.526. The van der Waals surface area contributed by atoms with Crippen LogP contribution >= 0.6 is 0 Å². The molecule has 136 valence electrons. The van der Waals surface area contributed by atoms with Crippen LogP contribution in [0.1, 0.15) is 58.8 Å². The van der Waals surface area contributed by atoms with Crippen molar-refractivity contribution < 1.29 is 9.53 Å². The second kappa shape index (κ2) is 7.25. The van der Waals surface area contributed by atoms with Gasteiger partial charge in [-0.3, -0.25) is 9.89 Å². The average Bonchev–Trinajstić information content (AvgIpc) is 2.90. The molecule has 0 aliphatic rings. The molecule has 6 nitrogen and oxygen atoms in total. The van der Waals surface area contributed by atoms with Crippen LogP contribution in [0.25, 0.3) is 0 Å². The molecule has 0 saturated heterocycles. The number of hydrogen-bond acceptors (Lipinski definition) is 4. The SMILES string of the molecule is CC(C)(C)NC(=O)Cc1n[nH]c(COc2ccc(C(C)(C)C)cc2)n1. The van der Waals surface area contributed by atoms with Crippen molar-refractivity contribution in [1.29, 1.82) is 0 Å². The van der Waals surface area contributed by atoms with E-state index < -0.39 is 0 Å². The highest BCUT2D eigenvalue weighted by molar-refractivity contribution is 5.78. The van der Waals surface area contributed by atoms with Crippen LogP contribution in [-0.4, -0.2) is 26.6 Å². The van der Waals surface area contributed by atoms with Crippen LogP contribution in [0.3, 0.4) is 0 Å². The monoisotopic (exact) mass is 344 g/mol. The number of benzene rings is 1. The second-order valence-corrected chi connectivity index (χ2v) is 8.24. The zero-order chi connectivity index (χ0) is 18.7. The Morgan fingerprint density at radius 1 is 1.12 bits per heavy atom. The molecular formula is C19H28N4O2. The number of carbonyl (C=O) groups excluding carboxylic acids is 1. The molecule has 6 heteroatoms. The zero-order valence-corrected chi connectivity index (χ0v) is 15.9. The lowest BCUT2D eigenvalue weighted by molar-refractivity contribution is -0.121. The summed E-state index contributed by atoms with van der Waals surface area (Å²) in [7, 11) is 0. The molecule has 2 N–H and O–H groups in total. The molecule has 0 unspecified atom stereocenters. The number of carbonyl (C=O) groups is 1. The minimum absolute atomic E-state index is 0.100. The standard InChI is InChI=1S/C19H28N4O2/c1-18(2,3)13-7-9-14(10-8-13)25-12-16-20-15(22-23-16)11-17(24)21-19(4,5)6/h7-10H,11-12H2,1-6H3,(H,21,24)(H,20,22,23). The topological polar surface area (TPSA) is 79.9 Å². The number of aromatic amines is 1. The molecule has 0 aliphatic heterocycles. The van der Waals surface area contributed by atoms with Crippen molar-refractivity contribution in [2.24, 2.45) is 0 Å². The number of nitrogens with zero attached hydrogens (tertiary/aromatic N) is 2. The second-order valence-electron chi connectivity index (χ2n) is 8.24. The van der Waals surface area contributed by atoms with Crippen molar-refractivity contribution in [2.45, 2.75) is 65.5 Å². The third-order valence-corrected chi connectivity index (χ3v) is 3.51. The lowest BCUT2D eigenvalue weighted by Crippen LogP contribution is -2.41. The van der Waals surface area contributed by atoms with Gasteiger partial charge in [-0.05, 0) is 43.9 Å². The molecule has 0 fully saturated rings. The molecule has 0 radical (unpaired) electrons. The van der Waals surface area contributed by atoms with E-state index in [2.05, 4.69) is 53.4 Å². The summed E-state index contributed by atoms with van der Waals surface area (Å²) in [6.45, 7) is 12.6. The fourth-order valence-electron chi connectivity index (χ4n) is 2.29. The van der Waals surface area contributed by atoms with E-state index in [0.29, 0.717) is 11.6 Å². The molecule has 0 saturated carbocycles. The summed E-state index contributed by atoms with van der Waals surface area (Å²) in [5.74, 6) is 1.73. The quantitative estimate of drug-likeness (QED) is 0.873. The average molecular weight is 344 g/mol. The number of H-pyrrole nitrogens is 1. The van der Waals surface area contributed by atoms with E-state index >= 15 is 0 Å². The predicted octanol–water partition coefficient (Wildman–Crippen LogP) is 3.14. The van der Waals surface area contributed by atoms with Gasteiger partial charge in [0.15, 0.2) is 11.6 Å². The number of aromatic nitrogens is 3. The normalized spacial score (nSPS) is 12.1. The van der Waals surface area contributed by atoms with E-state index in [4.69, 9.17) is 4.74 Å². The van der Waals surface area contributed by atoms with Gasteiger partial charge >= 0.3 is 0 Å². The lowest BCUT2D eigenvalue weighted by atomic mass is 9.87. The number of hydrogen-bond donors (Lipinski definition) is 2.